The van der Waals surface area contributed by atoms with Crippen molar-refractivity contribution < 1.29 is 9.18 Å². The normalized spacial score (nSPS) is 11.9. The van der Waals surface area contributed by atoms with Crippen molar-refractivity contribution in [3.8, 4) is 0 Å². The van der Waals surface area contributed by atoms with E-state index in [2.05, 4.69) is 39.4 Å². The number of fused-ring (bicyclic) bond motifs is 3. The number of aromatic nitrogens is 1. The van der Waals surface area contributed by atoms with Gasteiger partial charge in [-0.25, -0.2) is 9.82 Å². The van der Waals surface area contributed by atoms with E-state index in [-0.39, 0.29) is 11.7 Å². The van der Waals surface area contributed by atoms with E-state index >= 15 is 0 Å². The molecule has 1 amide bonds. The lowest BCUT2D eigenvalue weighted by Crippen LogP contribution is -2.20. The second kappa shape index (κ2) is 7.64. The number of amides is 1. The van der Waals surface area contributed by atoms with Crippen LogP contribution in [0.25, 0.3) is 21.8 Å². The predicted octanol–water partition coefficient (Wildman–Crippen LogP) is 4.86. The first-order valence-corrected chi connectivity index (χ1v) is 9.18. The molecule has 0 saturated heterocycles. The van der Waals surface area contributed by atoms with Gasteiger partial charge in [-0.1, -0.05) is 48.5 Å². The Morgan fingerprint density at radius 2 is 1.50 bits per heavy atom. The molecule has 0 bridgehead atoms. The molecule has 1 heterocycles. The molecule has 0 saturated carbocycles. The van der Waals surface area contributed by atoms with Gasteiger partial charge in [0, 0.05) is 34.8 Å². The van der Waals surface area contributed by atoms with Crippen LogP contribution in [-0.2, 0) is 11.3 Å². The zero-order valence-corrected chi connectivity index (χ0v) is 15.5. The average Bonchev–Trinajstić information content (AvgIpc) is 3.05. The number of nitrogens with zero attached hydrogens (tertiary/aromatic N) is 2. The van der Waals surface area contributed by atoms with Gasteiger partial charge in [0.15, 0.2) is 0 Å². The van der Waals surface area contributed by atoms with Crippen LogP contribution in [0.4, 0.5) is 4.39 Å². The molecule has 0 aliphatic rings. The Morgan fingerprint density at radius 1 is 0.929 bits per heavy atom. The Labute approximate surface area is 162 Å². The molecule has 3 aromatic carbocycles. The molecule has 0 radical (unpaired) electrons. The number of hydrazone groups is 1. The fourth-order valence-electron chi connectivity index (χ4n) is 3.42. The van der Waals surface area contributed by atoms with Crippen LogP contribution in [-0.4, -0.2) is 16.2 Å². The number of halogens is 1. The predicted molar refractivity (Wildman–Crippen MR) is 111 cm³/mol. The maximum absolute atomic E-state index is 13.0. The Morgan fingerprint density at radius 3 is 2.11 bits per heavy atom. The van der Waals surface area contributed by atoms with Crippen molar-refractivity contribution in [1.82, 2.24) is 9.99 Å². The molecular formula is C23H20FN3O. The van der Waals surface area contributed by atoms with E-state index in [0.717, 1.165) is 16.6 Å². The number of hydrogen-bond acceptors (Lipinski definition) is 2. The highest BCUT2D eigenvalue weighted by molar-refractivity contribution is 6.08. The summed E-state index contributed by atoms with van der Waals surface area (Å²) in [5, 5.41) is 6.50. The van der Waals surface area contributed by atoms with Crippen LogP contribution in [0.3, 0.4) is 0 Å². The van der Waals surface area contributed by atoms with Crippen LogP contribution in [0.15, 0.2) is 77.9 Å². The molecule has 0 aliphatic heterocycles. The van der Waals surface area contributed by atoms with E-state index in [1.165, 1.54) is 22.9 Å². The monoisotopic (exact) mass is 373 g/mol. The van der Waals surface area contributed by atoms with Crippen molar-refractivity contribution in [2.45, 2.75) is 19.9 Å². The van der Waals surface area contributed by atoms with Crippen molar-refractivity contribution in [3.05, 3.63) is 84.2 Å². The fourth-order valence-corrected chi connectivity index (χ4v) is 3.42. The summed E-state index contributed by atoms with van der Waals surface area (Å²) in [4.78, 5) is 12.3. The molecule has 0 unspecified atom stereocenters. The number of carbonyl (C=O) groups is 1. The van der Waals surface area contributed by atoms with Crippen LogP contribution in [0.2, 0.25) is 0 Å². The molecule has 4 aromatic rings. The number of nitrogens with one attached hydrogen (secondary N) is 1. The van der Waals surface area contributed by atoms with Crippen LogP contribution in [0.5, 0.6) is 0 Å². The minimum absolute atomic E-state index is 0.164. The van der Waals surface area contributed by atoms with Gasteiger partial charge in [-0.3, -0.25) is 4.79 Å². The summed E-state index contributed by atoms with van der Waals surface area (Å²) in [6.07, 6.45) is 0.308. The van der Waals surface area contributed by atoms with Crippen molar-refractivity contribution in [3.63, 3.8) is 0 Å². The summed E-state index contributed by atoms with van der Waals surface area (Å²) in [6, 6.07) is 22.4. The number of aryl methyl sites for hydroxylation is 1. The first-order chi connectivity index (χ1) is 13.6. The highest BCUT2D eigenvalue weighted by Gasteiger charge is 2.11. The van der Waals surface area contributed by atoms with Gasteiger partial charge in [-0.2, -0.15) is 5.10 Å². The summed E-state index contributed by atoms with van der Waals surface area (Å²) < 4.78 is 15.2. The lowest BCUT2D eigenvalue weighted by molar-refractivity contribution is -0.121. The third kappa shape index (κ3) is 3.51. The number of rotatable bonds is 5. The maximum Gasteiger partial charge on any atom is 0.241 e. The number of benzene rings is 3. The van der Waals surface area contributed by atoms with Crippen LogP contribution < -0.4 is 5.43 Å². The largest absolute Gasteiger partial charge is 0.340 e. The molecule has 1 N–H and O–H groups in total. The van der Waals surface area contributed by atoms with E-state index in [9.17, 15) is 9.18 Å². The van der Waals surface area contributed by atoms with Gasteiger partial charge in [-0.15, -0.1) is 0 Å². The van der Waals surface area contributed by atoms with E-state index in [1.807, 2.05) is 24.3 Å². The van der Waals surface area contributed by atoms with E-state index < -0.39 is 0 Å². The zero-order valence-electron chi connectivity index (χ0n) is 15.5. The van der Waals surface area contributed by atoms with E-state index in [0.29, 0.717) is 18.7 Å². The zero-order chi connectivity index (χ0) is 19.5. The first-order valence-electron chi connectivity index (χ1n) is 9.18. The van der Waals surface area contributed by atoms with Gasteiger partial charge < -0.3 is 4.57 Å². The summed E-state index contributed by atoms with van der Waals surface area (Å²) in [7, 11) is 0. The fraction of sp³-hybridized carbons (Fsp3) is 0.130. The van der Waals surface area contributed by atoms with Crippen molar-refractivity contribution in [2.75, 3.05) is 0 Å². The molecule has 0 aliphatic carbocycles. The van der Waals surface area contributed by atoms with Gasteiger partial charge in [0.2, 0.25) is 5.91 Å². The molecule has 0 atom stereocenters. The molecule has 4 nitrogen and oxygen atoms in total. The second-order valence-corrected chi connectivity index (χ2v) is 6.68. The minimum atomic E-state index is -0.299. The third-order valence-corrected chi connectivity index (χ3v) is 4.85. The molecule has 0 fully saturated rings. The average molecular weight is 373 g/mol. The van der Waals surface area contributed by atoms with Gasteiger partial charge in [0.25, 0.3) is 0 Å². The lowest BCUT2D eigenvalue weighted by Gasteiger charge is -2.07. The highest BCUT2D eigenvalue weighted by Crippen LogP contribution is 2.28. The summed E-state index contributed by atoms with van der Waals surface area (Å²) in [6.45, 7) is 2.34. The van der Waals surface area contributed by atoms with Gasteiger partial charge in [0.05, 0.1) is 5.71 Å². The van der Waals surface area contributed by atoms with Gasteiger partial charge in [-0.05, 0) is 36.8 Å². The Bertz CT molecular complexity index is 1120. The second-order valence-electron chi connectivity index (χ2n) is 6.68. The summed E-state index contributed by atoms with van der Waals surface area (Å²) >= 11 is 0. The molecule has 0 spiro atoms. The SMILES string of the molecule is C/C(=N\NC(=O)CCn1c2ccccc2c2ccccc21)c1ccc(F)cc1. The van der Waals surface area contributed by atoms with Crippen molar-refractivity contribution >= 4 is 33.4 Å². The Balaban J connectivity index is 1.49. The topological polar surface area (TPSA) is 46.4 Å². The minimum Gasteiger partial charge on any atom is -0.340 e. The molecule has 5 heteroatoms. The lowest BCUT2D eigenvalue weighted by atomic mass is 10.1. The van der Waals surface area contributed by atoms with Crippen molar-refractivity contribution in [2.24, 2.45) is 5.10 Å². The molecular weight excluding hydrogens is 353 g/mol. The summed E-state index contributed by atoms with van der Waals surface area (Å²) in [5.41, 5.74) is 6.22. The number of para-hydroxylation sites is 2. The quantitative estimate of drug-likeness (QED) is 0.394. The summed E-state index contributed by atoms with van der Waals surface area (Å²) in [5.74, 6) is -0.463. The smallest absolute Gasteiger partial charge is 0.241 e. The molecule has 140 valence electrons. The number of hydrogen-bond donors (Lipinski definition) is 1. The van der Waals surface area contributed by atoms with Gasteiger partial charge in [0.1, 0.15) is 5.82 Å². The number of carbonyl (C=O) groups excluding carboxylic acids is 1. The first kappa shape index (κ1) is 17.9. The van der Waals surface area contributed by atoms with E-state index in [1.54, 1.807) is 19.1 Å². The highest BCUT2D eigenvalue weighted by atomic mass is 19.1. The Hall–Kier alpha value is -3.47. The standard InChI is InChI=1S/C23H20FN3O/c1-16(17-10-12-18(24)13-11-17)25-26-23(28)14-15-27-21-8-4-2-6-19(21)20-7-3-5-9-22(20)27/h2-13H,14-15H2,1H3,(H,26,28)/b25-16+. The van der Waals surface area contributed by atoms with Crippen LogP contribution in [0.1, 0.15) is 18.9 Å². The molecule has 1 aromatic heterocycles. The third-order valence-electron chi connectivity index (χ3n) is 4.85. The van der Waals surface area contributed by atoms with E-state index in [4.69, 9.17) is 0 Å². The van der Waals surface area contributed by atoms with Gasteiger partial charge >= 0.3 is 0 Å². The molecule has 4 rings (SSSR count). The van der Waals surface area contributed by atoms with Crippen LogP contribution in [0, 0.1) is 5.82 Å². The molecule has 28 heavy (non-hydrogen) atoms. The van der Waals surface area contributed by atoms with Crippen LogP contribution >= 0.6 is 0 Å². The maximum atomic E-state index is 13.0. The Kier molecular flexibility index (Phi) is 4.89. The van der Waals surface area contributed by atoms with Crippen molar-refractivity contribution in [1.29, 1.82) is 0 Å².